The maximum absolute atomic E-state index is 12.6. The molecule has 2 aromatic heterocycles. The number of pyridine rings is 1. The largest absolute Gasteiger partial charge is 0.351 e. The molecule has 0 unspecified atom stereocenters. The molecular formula is C20H26N4O3S. The highest BCUT2D eigenvalue weighted by Gasteiger charge is 2.27. The average molecular weight is 403 g/mol. The molecule has 8 heteroatoms. The van der Waals surface area contributed by atoms with Gasteiger partial charge in [0.25, 0.3) is 5.91 Å². The quantitative estimate of drug-likeness (QED) is 0.787. The molecule has 0 radical (unpaired) electrons. The van der Waals surface area contributed by atoms with Crippen LogP contribution in [0.5, 0.6) is 0 Å². The second-order valence-electron chi connectivity index (χ2n) is 7.33. The van der Waals surface area contributed by atoms with Crippen LogP contribution in [0.25, 0.3) is 0 Å². The van der Waals surface area contributed by atoms with E-state index in [0.717, 1.165) is 17.7 Å². The van der Waals surface area contributed by atoms with Gasteiger partial charge in [0.05, 0.1) is 18.0 Å². The number of hydrogen-bond donors (Lipinski definition) is 2. The Morgan fingerprint density at radius 3 is 2.71 bits per heavy atom. The number of hydrogen-bond acceptors (Lipinski definition) is 5. The van der Waals surface area contributed by atoms with E-state index < -0.39 is 0 Å². The predicted octanol–water partition coefficient (Wildman–Crippen LogP) is 1.20. The van der Waals surface area contributed by atoms with E-state index in [0.29, 0.717) is 25.2 Å². The van der Waals surface area contributed by atoms with Crippen LogP contribution in [0.1, 0.15) is 28.1 Å². The first-order valence-corrected chi connectivity index (χ1v) is 10.3. The number of nitrogens with zero attached hydrogens (tertiary/aromatic N) is 2. The van der Waals surface area contributed by atoms with Crippen LogP contribution < -0.4 is 16.2 Å². The number of carbonyl (C=O) groups is 2. The molecule has 150 valence electrons. The summed E-state index contributed by atoms with van der Waals surface area (Å²) in [6, 6.07) is 6.88. The molecule has 28 heavy (non-hydrogen) atoms. The van der Waals surface area contributed by atoms with Gasteiger partial charge in [-0.15, -0.1) is 11.3 Å². The number of likely N-dealkylation sites (tertiary alicyclic amines) is 1. The molecule has 1 aliphatic heterocycles. The van der Waals surface area contributed by atoms with E-state index >= 15 is 0 Å². The van der Waals surface area contributed by atoms with Crippen LogP contribution in [-0.4, -0.2) is 47.5 Å². The molecule has 0 aliphatic carbocycles. The van der Waals surface area contributed by atoms with Gasteiger partial charge in [0, 0.05) is 43.3 Å². The van der Waals surface area contributed by atoms with E-state index in [1.165, 1.54) is 10.6 Å². The van der Waals surface area contributed by atoms with E-state index in [1.807, 2.05) is 24.6 Å². The summed E-state index contributed by atoms with van der Waals surface area (Å²) in [7, 11) is 3.59. The molecule has 2 atom stereocenters. The topological polar surface area (TPSA) is 83.4 Å². The van der Waals surface area contributed by atoms with Crippen molar-refractivity contribution < 1.29 is 9.59 Å². The van der Waals surface area contributed by atoms with E-state index in [9.17, 15) is 14.4 Å². The highest BCUT2D eigenvalue weighted by molar-refractivity contribution is 7.09. The first kappa shape index (κ1) is 20.3. The Morgan fingerprint density at radius 1 is 1.18 bits per heavy atom. The number of aryl methyl sites for hydroxylation is 1. The van der Waals surface area contributed by atoms with Crippen molar-refractivity contribution in [2.45, 2.75) is 25.4 Å². The smallest absolute Gasteiger partial charge is 0.253 e. The molecule has 7 nitrogen and oxygen atoms in total. The summed E-state index contributed by atoms with van der Waals surface area (Å²) in [6.07, 6.45) is 3.00. The Hall–Kier alpha value is -2.45. The summed E-state index contributed by atoms with van der Waals surface area (Å²) >= 11 is 1.63. The minimum absolute atomic E-state index is 0.0372. The Balaban J connectivity index is 1.55. The molecule has 2 N–H and O–H groups in total. The zero-order chi connectivity index (χ0) is 20.1. The highest BCUT2D eigenvalue weighted by Crippen LogP contribution is 2.17. The van der Waals surface area contributed by atoms with Crippen molar-refractivity contribution in [2.24, 2.45) is 13.0 Å². The third-order valence-electron chi connectivity index (χ3n) is 5.00. The fourth-order valence-corrected chi connectivity index (χ4v) is 4.12. The maximum Gasteiger partial charge on any atom is 0.253 e. The maximum atomic E-state index is 12.6. The number of nitrogens with one attached hydrogen (secondary N) is 2. The number of amides is 2. The summed E-state index contributed by atoms with van der Waals surface area (Å²) in [5.41, 5.74) is 0.307. The minimum Gasteiger partial charge on any atom is -0.351 e. The van der Waals surface area contributed by atoms with Crippen LogP contribution in [0.2, 0.25) is 0 Å². The normalized spacial score (nSPS) is 20.4. The van der Waals surface area contributed by atoms with E-state index in [1.54, 1.807) is 30.6 Å². The van der Waals surface area contributed by atoms with Crippen molar-refractivity contribution in [3.8, 4) is 0 Å². The summed E-state index contributed by atoms with van der Waals surface area (Å²) in [5, 5.41) is 8.06. The van der Waals surface area contributed by atoms with E-state index in [2.05, 4.69) is 15.5 Å². The standard InChI is InChI=1S/C20H26N4O3S/c1-23-11-14(19(26)21-10-17-4-3-9-28-17)5-7-16(13-23)22-20(27)15-6-8-18(25)24(2)12-15/h3-4,6,8-9,12,14,16H,5,7,10-11,13H2,1-2H3,(H,21,26)(H,22,27)/t14-,16+/m1/s1. The van der Waals surface area contributed by atoms with Gasteiger partial charge in [0.1, 0.15) is 0 Å². The van der Waals surface area contributed by atoms with Crippen LogP contribution in [-0.2, 0) is 18.4 Å². The van der Waals surface area contributed by atoms with Crippen molar-refractivity contribution in [3.05, 3.63) is 56.6 Å². The Morgan fingerprint density at radius 2 is 2.00 bits per heavy atom. The summed E-state index contributed by atoms with van der Waals surface area (Å²) in [4.78, 5) is 39.8. The van der Waals surface area contributed by atoms with E-state index in [-0.39, 0.29) is 29.3 Å². The Kier molecular flexibility index (Phi) is 6.64. The van der Waals surface area contributed by atoms with Gasteiger partial charge in [0.15, 0.2) is 0 Å². The first-order chi connectivity index (χ1) is 13.4. The Bertz CT molecular complexity index is 878. The lowest BCUT2D eigenvalue weighted by atomic mass is 10.0. The van der Waals surface area contributed by atoms with Gasteiger partial charge in [-0.3, -0.25) is 14.4 Å². The summed E-state index contributed by atoms with van der Waals surface area (Å²) < 4.78 is 1.39. The van der Waals surface area contributed by atoms with Gasteiger partial charge in [-0.1, -0.05) is 6.07 Å². The molecule has 3 heterocycles. The van der Waals surface area contributed by atoms with E-state index in [4.69, 9.17) is 0 Å². The van der Waals surface area contributed by atoms with Gasteiger partial charge in [-0.25, -0.2) is 0 Å². The van der Waals surface area contributed by atoms with Gasteiger partial charge in [-0.05, 0) is 37.4 Å². The van der Waals surface area contributed by atoms with Crippen LogP contribution >= 0.6 is 11.3 Å². The zero-order valence-corrected chi connectivity index (χ0v) is 17.0. The fourth-order valence-electron chi connectivity index (χ4n) is 3.47. The highest BCUT2D eigenvalue weighted by atomic mass is 32.1. The number of thiophene rings is 1. The van der Waals surface area contributed by atoms with Crippen LogP contribution in [0.3, 0.4) is 0 Å². The molecule has 2 amide bonds. The monoisotopic (exact) mass is 402 g/mol. The van der Waals surface area contributed by atoms with Crippen molar-refractivity contribution in [3.63, 3.8) is 0 Å². The molecular weight excluding hydrogens is 376 g/mol. The van der Waals surface area contributed by atoms with Gasteiger partial charge in [-0.2, -0.15) is 0 Å². The van der Waals surface area contributed by atoms with Crippen LogP contribution in [0, 0.1) is 5.92 Å². The molecule has 0 aromatic carbocycles. The first-order valence-electron chi connectivity index (χ1n) is 9.38. The van der Waals surface area contributed by atoms with Gasteiger partial charge in [0.2, 0.25) is 11.5 Å². The molecule has 1 saturated heterocycles. The third kappa shape index (κ3) is 5.30. The third-order valence-corrected chi connectivity index (χ3v) is 5.88. The lowest BCUT2D eigenvalue weighted by Crippen LogP contribution is -2.42. The summed E-state index contributed by atoms with van der Waals surface area (Å²) in [5.74, 6) is -0.232. The second kappa shape index (κ2) is 9.16. The summed E-state index contributed by atoms with van der Waals surface area (Å²) in [6.45, 7) is 1.91. The number of carbonyl (C=O) groups excluding carboxylic acids is 2. The number of likely N-dealkylation sites (N-methyl/N-ethyl adjacent to an activating group) is 1. The molecule has 2 aromatic rings. The molecule has 0 spiro atoms. The van der Waals surface area contributed by atoms with Gasteiger partial charge < -0.3 is 20.1 Å². The van der Waals surface area contributed by atoms with Crippen LogP contribution in [0.15, 0.2) is 40.6 Å². The van der Waals surface area contributed by atoms with Crippen molar-refractivity contribution >= 4 is 23.2 Å². The molecule has 1 fully saturated rings. The predicted molar refractivity (Wildman–Crippen MR) is 109 cm³/mol. The van der Waals surface area contributed by atoms with Crippen molar-refractivity contribution in [1.29, 1.82) is 0 Å². The zero-order valence-electron chi connectivity index (χ0n) is 16.2. The Labute approximate surface area is 168 Å². The lowest BCUT2D eigenvalue weighted by molar-refractivity contribution is -0.125. The minimum atomic E-state index is -0.199. The average Bonchev–Trinajstić information content (AvgIpc) is 3.11. The molecule has 3 rings (SSSR count). The fraction of sp³-hybridized carbons (Fsp3) is 0.450. The van der Waals surface area contributed by atoms with Crippen molar-refractivity contribution in [1.82, 2.24) is 20.1 Å². The molecule has 0 bridgehead atoms. The molecule has 0 saturated carbocycles. The molecule has 1 aliphatic rings. The SMILES string of the molecule is CN1C[C@@H](NC(=O)c2ccc(=O)n(C)c2)CC[C@@H](C(=O)NCc2cccs2)C1. The van der Waals surface area contributed by atoms with Gasteiger partial charge >= 0.3 is 0 Å². The van der Waals surface area contributed by atoms with Crippen molar-refractivity contribution in [2.75, 3.05) is 20.1 Å². The van der Waals surface area contributed by atoms with Crippen LogP contribution in [0.4, 0.5) is 0 Å². The number of rotatable bonds is 5. The lowest BCUT2D eigenvalue weighted by Gasteiger charge is -2.22. The number of aromatic nitrogens is 1. The second-order valence-corrected chi connectivity index (χ2v) is 8.36.